The van der Waals surface area contributed by atoms with Crippen molar-refractivity contribution < 1.29 is 89.4 Å². The van der Waals surface area contributed by atoms with Crippen molar-refractivity contribution in [2.24, 2.45) is 0 Å². The van der Waals surface area contributed by atoms with Crippen LogP contribution in [-0.2, 0) is 33.2 Å². The molecule has 618 valence electrons. The number of carbonyl (C=O) groups excluding carboxylic acids is 1. The van der Waals surface area contributed by atoms with Gasteiger partial charge in [-0.3, -0.25) is 4.79 Å². The van der Waals surface area contributed by atoms with E-state index < -0.39 is 124 Å². The van der Waals surface area contributed by atoms with Gasteiger partial charge in [-0.15, -0.1) is 0 Å². The van der Waals surface area contributed by atoms with E-state index in [1.54, 1.807) is 6.08 Å². The molecular weight excluding hydrogens is 1370 g/mol. The second-order valence-electron chi connectivity index (χ2n) is 29.2. The van der Waals surface area contributed by atoms with Crippen LogP contribution < -0.4 is 5.32 Å². The van der Waals surface area contributed by atoms with E-state index in [9.17, 15) is 61.0 Å². The van der Waals surface area contributed by atoms with Gasteiger partial charge in [0.15, 0.2) is 18.9 Å². The molecule has 1 amide bonds. The molecule has 0 aromatic heterocycles. The highest BCUT2D eigenvalue weighted by atomic mass is 16.8. The summed E-state index contributed by atoms with van der Waals surface area (Å²) in [6.45, 7) is 1.61. The summed E-state index contributed by atoms with van der Waals surface area (Å²) in [7, 11) is 0. The number of allylic oxidation sites excluding steroid dienone is 23. The van der Waals surface area contributed by atoms with E-state index in [1.807, 2.05) is 6.08 Å². The van der Waals surface area contributed by atoms with E-state index >= 15 is 0 Å². The van der Waals surface area contributed by atoms with Gasteiger partial charge in [0, 0.05) is 6.42 Å². The van der Waals surface area contributed by atoms with Crippen molar-refractivity contribution in [2.45, 2.75) is 381 Å². The molecule has 12 N–H and O–H groups in total. The lowest BCUT2D eigenvalue weighted by Crippen LogP contribution is -2.66. The molecule has 0 aromatic rings. The first-order chi connectivity index (χ1) is 52.8. The molecule has 108 heavy (non-hydrogen) atoms. The molecule has 3 aliphatic heterocycles. The molecule has 0 spiro atoms. The third kappa shape index (κ3) is 46.0. The number of ether oxygens (including phenoxy) is 6. The van der Waals surface area contributed by atoms with Gasteiger partial charge in [0.25, 0.3) is 0 Å². The van der Waals surface area contributed by atoms with Crippen LogP contribution in [0.3, 0.4) is 0 Å². The number of unbranched alkanes of at least 4 members (excludes halogenated alkanes) is 27. The van der Waals surface area contributed by atoms with Gasteiger partial charge in [-0.1, -0.05) is 307 Å². The maximum Gasteiger partial charge on any atom is 0.220 e. The Morgan fingerprint density at radius 2 is 0.648 bits per heavy atom. The number of hydrogen-bond acceptors (Lipinski definition) is 18. The molecule has 0 aromatic carbocycles. The van der Waals surface area contributed by atoms with E-state index in [0.29, 0.717) is 12.8 Å². The molecule has 0 saturated carbocycles. The zero-order chi connectivity index (χ0) is 78.1. The van der Waals surface area contributed by atoms with Crippen molar-refractivity contribution >= 4 is 5.91 Å². The summed E-state index contributed by atoms with van der Waals surface area (Å²) in [4.78, 5) is 13.5. The van der Waals surface area contributed by atoms with E-state index in [2.05, 4.69) is 153 Å². The summed E-state index contributed by atoms with van der Waals surface area (Å²) in [5, 5.41) is 121. The minimum Gasteiger partial charge on any atom is -0.394 e. The fraction of sp³-hybridized carbons (Fsp3) is 0.719. The average Bonchev–Trinajstić information content (AvgIpc) is 0.787. The fourth-order valence-corrected chi connectivity index (χ4v) is 13.2. The Morgan fingerprint density at radius 3 is 1.04 bits per heavy atom. The Labute approximate surface area is 651 Å². The van der Waals surface area contributed by atoms with Gasteiger partial charge in [0.1, 0.15) is 73.2 Å². The van der Waals surface area contributed by atoms with Crippen LogP contribution in [0.4, 0.5) is 0 Å². The molecule has 17 unspecified atom stereocenters. The highest BCUT2D eigenvalue weighted by Crippen LogP contribution is 2.33. The van der Waals surface area contributed by atoms with Crippen LogP contribution in [0.2, 0.25) is 0 Å². The summed E-state index contributed by atoms with van der Waals surface area (Å²) < 4.78 is 34.4. The standard InChI is InChI=1S/C89H149NO18/c1-3-5-7-9-11-13-15-17-19-21-23-25-27-28-29-30-31-32-33-34-35-36-37-38-39-40-41-42-43-44-45-47-49-51-53-55-57-59-61-63-65-67-77(95)90-72(73(94)66-64-62-60-58-56-54-52-50-48-46-26-24-22-20-18-16-14-12-10-8-6-4-2)71-103-87-83(101)80(98)85(75(69-92)105-87)108-89-84(102)81(99)86(76(70-93)106-89)107-88-82(100)79(97)78(96)74(68-91)104-88/h5,7,11,13,17,19,23,25,28-29,31-32,34-35,37-38,40-41,43-44,56,58,64,66,72-76,78-89,91-94,96-102H,3-4,6,8-10,12,14-16,18,20-22,24,26-27,30,33,36,39,42,45-55,57,59-63,65,67-71H2,1-2H3,(H,90,95)/b7-5-,13-11-,19-17-,25-23-,29-28-,32-31-,35-34-,38-37-,41-40-,44-43-,58-56+,66-64+. The highest BCUT2D eigenvalue weighted by molar-refractivity contribution is 5.76. The molecule has 3 aliphatic rings. The van der Waals surface area contributed by atoms with Gasteiger partial charge in [0.2, 0.25) is 5.91 Å². The van der Waals surface area contributed by atoms with Crippen molar-refractivity contribution in [1.29, 1.82) is 0 Å². The Hall–Kier alpha value is -4.33. The SMILES string of the molecule is CC/C=C\C/C=C\C/C=C\C/C=C\C/C=C\C/C=C\C/C=C\C/C=C\C/C=C\C/C=C\CCCCCCCCCCCCC(=O)NC(COC1OC(CO)C(OC2OC(CO)C(OC3OC(CO)C(O)C(O)C3O)C(O)C2O)C(O)C1O)C(O)/C=C/CC/C=C/CCCCCCCCCCCCCCCCCC. The molecule has 17 atom stereocenters. The van der Waals surface area contributed by atoms with Crippen LogP contribution in [0.5, 0.6) is 0 Å². The number of carbonyl (C=O) groups is 1. The molecule has 0 radical (unpaired) electrons. The van der Waals surface area contributed by atoms with E-state index in [4.69, 9.17) is 28.4 Å². The van der Waals surface area contributed by atoms with E-state index in [1.165, 1.54) is 128 Å². The monoisotopic (exact) mass is 1520 g/mol. The summed E-state index contributed by atoms with van der Waals surface area (Å²) in [5.74, 6) is -0.294. The number of rotatable bonds is 65. The number of nitrogens with one attached hydrogen (secondary N) is 1. The minimum absolute atomic E-state index is 0.222. The highest BCUT2D eigenvalue weighted by Gasteiger charge is 2.54. The Kier molecular flexibility index (Phi) is 60.9. The molecule has 3 fully saturated rings. The molecule has 3 saturated heterocycles. The number of aliphatic hydroxyl groups is 11. The van der Waals surface area contributed by atoms with Gasteiger partial charge in [-0.25, -0.2) is 0 Å². The van der Waals surface area contributed by atoms with Crippen LogP contribution in [0.1, 0.15) is 277 Å². The first-order valence-corrected chi connectivity index (χ1v) is 42.1. The van der Waals surface area contributed by atoms with Gasteiger partial charge in [-0.05, 0) is 109 Å². The lowest BCUT2D eigenvalue weighted by atomic mass is 9.96. The Morgan fingerprint density at radius 1 is 0.343 bits per heavy atom. The van der Waals surface area contributed by atoms with Crippen molar-refractivity contribution in [3.05, 3.63) is 146 Å². The molecular formula is C89H149NO18. The average molecular weight is 1520 g/mol. The molecule has 3 heterocycles. The van der Waals surface area contributed by atoms with Crippen LogP contribution in [-0.4, -0.2) is 193 Å². The minimum atomic E-state index is -1.99. The predicted molar refractivity (Wildman–Crippen MR) is 433 cm³/mol. The second-order valence-corrected chi connectivity index (χ2v) is 29.2. The zero-order valence-corrected chi connectivity index (χ0v) is 66.3. The summed E-state index contributed by atoms with van der Waals surface area (Å²) in [5.41, 5.74) is 0. The quantitative estimate of drug-likeness (QED) is 0.0199. The first kappa shape index (κ1) is 97.9. The second kappa shape index (κ2) is 67.2. The smallest absolute Gasteiger partial charge is 0.220 e. The summed E-state index contributed by atoms with van der Waals surface area (Å²) >= 11 is 0. The molecule has 0 bridgehead atoms. The fourth-order valence-electron chi connectivity index (χ4n) is 13.2. The first-order valence-electron chi connectivity index (χ1n) is 42.1. The van der Waals surface area contributed by atoms with Crippen LogP contribution in [0.15, 0.2) is 146 Å². The van der Waals surface area contributed by atoms with E-state index in [0.717, 1.165) is 116 Å². The number of amides is 1. The van der Waals surface area contributed by atoms with Crippen molar-refractivity contribution in [3.8, 4) is 0 Å². The van der Waals surface area contributed by atoms with E-state index in [-0.39, 0.29) is 18.9 Å². The topological polar surface area (TPSA) is 307 Å². The third-order valence-electron chi connectivity index (χ3n) is 19.9. The lowest BCUT2D eigenvalue weighted by Gasteiger charge is -2.48. The molecule has 19 nitrogen and oxygen atoms in total. The lowest BCUT2D eigenvalue weighted by molar-refractivity contribution is -0.379. The van der Waals surface area contributed by atoms with Gasteiger partial charge in [-0.2, -0.15) is 0 Å². The van der Waals surface area contributed by atoms with Crippen LogP contribution in [0, 0.1) is 0 Å². The van der Waals surface area contributed by atoms with Crippen molar-refractivity contribution in [2.75, 3.05) is 26.4 Å². The Balaban J connectivity index is 1.35. The van der Waals surface area contributed by atoms with Crippen LogP contribution >= 0.6 is 0 Å². The van der Waals surface area contributed by atoms with Crippen molar-refractivity contribution in [3.63, 3.8) is 0 Å². The number of hydrogen-bond donors (Lipinski definition) is 12. The zero-order valence-electron chi connectivity index (χ0n) is 66.3. The van der Waals surface area contributed by atoms with Gasteiger partial charge >= 0.3 is 0 Å². The van der Waals surface area contributed by atoms with Gasteiger partial charge in [0.05, 0.1) is 38.6 Å². The summed E-state index contributed by atoms with van der Waals surface area (Å²) in [6.07, 6.45) is 71.2. The summed E-state index contributed by atoms with van der Waals surface area (Å²) in [6, 6.07) is -1.00. The Bertz CT molecular complexity index is 2520. The predicted octanol–water partition coefficient (Wildman–Crippen LogP) is 15.0. The largest absolute Gasteiger partial charge is 0.394 e. The maximum atomic E-state index is 13.5. The van der Waals surface area contributed by atoms with Gasteiger partial charge < -0.3 is 89.9 Å². The molecule has 0 aliphatic carbocycles. The maximum absolute atomic E-state index is 13.5. The van der Waals surface area contributed by atoms with Crippen molar-refractivity contribution in [1.82, 2.24) is 5.32 Å². The van der Waals surface area contributed by atoms with Crippen LogP contribution in [0.25, 0.3) is 0 Å². The normalized spacial score (nSPS) is 26.2. The molecule has 19 heteroatoms. The molecule has 3 rings (SSSR count). The number of aliphatic hydroxyl groups excluding tert-OH is 11. The third-order valence-corrected chi connectivity index (χ3v) is 19.9.